The Morgan fingerprint density at radius 2 is 1.84 bits per heavy atom. The minimum Gasteiger partial charge on any atom is -0.469 e. The Labute approximate surface area is 152 Å². The summed E-state index contributed by atoms with van der Waals surface area (Å²) in [6.07, 6.45) is 0.163. The Morgan fingerprint density at radius 3 is 2.32 bits per heavy atom. The van der Waals surface area contributed by atoms with Gasteiger partial charge in [0.25, 0.3) is 0 Å². The van der Waals surface area contributed by atoms with Crippen molar-refractivity contribution >= 4 is 22.8 Å². The first-order valence-corrected chi connectivity index (χ1v) is 8.92. The van der Waals surface area contributed by atoms with Gasteiger partial charge in [0.1, 0.15) is 0 Å². The van der Waals surface area contributed by atoms with E-state index in [1.54, 1.807) is 0 Å². The number of benzene rings is 1. The monoisotopic (exact) mass is 367 g/mol. The maximum atomic E-state index is 12.5. The number of rotatable bonds is 8. The first-order chi connectivity index (χ1) is 11.6. The van der Waals surface area contributed by atoms with Crippen molar-refractivity contribution in [2.45, 2.75) is 44.3 Å². The number of hydrogen-bond donors (Lipinski definition) is 0. The molecule has 0 N–H and O–H groups in total. The summed E-state index contributed by atoms with van der Waals surface area (Å²) in [5.74, 6) is -1.71. The van der Waals surface area contributed by atoms with Crippen molar-refractivity contribution < 1.29 is 19.2 Å². The minimum absolute atomic E-state index is 0.0344. The van der Waals surface area contributed by atoms with Gasteiger partial charge in [-0.1, -0.05) is 62.9 Å². The van der Waals surface area contributed by atoms with Gasteiger partial charge in [-0.05, 0) is 5.56 Å². The van der Waals surface area contributed by atoms with E-state index < -0.39 is 22.7 Å². The molecule has 7 heteroatoms. The van der Waals surface area contributed by atoms with Crippen LogP contribution in [0.25, 0.3) is 0 Å². The van der Waals surface area contributed by atoms with Gasteiger partial charge in [-0.15, -0.1) is 0 Å². The van der Waals surface area contributed by atoms with Gasteiger partial charge in [-0.2, -0.15) is 0 Å². The molecule has 0 aromatic heterocycles. The zero-order valence-corrected chi connectivity index (χ0v) is 15.9. The first kappa shape index (κ1) is 21.2. The predicted molar refractivity (Wildman–Crippen MR) is 98.1 cm³/mol. The van der Waals surface area contributed by atoms with Crippen LogP contribution in [0.1, 0.15) is 45.1 Å². The van der Waals surface area contributed by atoms with Crippen molar-refractivity contribution in [3.05, 3.63) is 46.0 Å². The zero-order valence-electron chi connectivity index (χ0n) is 15.1. The largest absolute Gasteiger partial charge is 0.469 e. The highest BCUT2D eigenvalue weighted by molar-refractivity contribution is 8.14. The molecule has 25 heavy (non-hydrogen) atoms. The van der Waals surface area contributed by atoms with Crippen LogP contribution >= 0.6 is 11.8 Å². The molecule has 0 saturated heterocycles. The van der Waals surface area contributed by atoms with Gasteiger partial charge in [0.2, 0.25) is 6.54 Å². The van der Waals surface area contributed by atoms with Gasteiger partial charge < -0.3 is 4.74 Å². The van der Waals surface area contributed by atoms with Crippen molar-refractivity contribution in [1.82, 2.24) is 0 Å². The fourth-order valence-corrected chi connectivity index (χ4v) is 3.58. The Morgan fingerprint density at radius 1 is 1.24 bits per heavy atom. The third kappa shape index (κ3) is 7.69. The molecule has 0 heterocycles. The van der Waals surface area contributed by atoms with Crippen LogP contribution in [0, 0.1) is 16.0 Å². The van der Waals surface area contributed by atoms with Gasteiger partial charge in [-0.25, -0.2) is 0 Å². The Kier molecular flexibility index (Phi) is 8.09. The number of esters is 1. The zero-order chi connectivity index (χ0) is 19.0. The van der Waals surface area contributed by atoms with Gasteiger partial charge in [0.15, 0.2) is 5.12 Å². The Bertz CT molecular complexity index is 597. The maximum Gasteiger partial charge on any atom is 0.309 e. The molecule has 2 atom stereocenters. The topological polar surface area (TPSA) is 86.5 Å². The second-order valence-electron chi connectivity index (χ2n) is 6.78. The number of carbonyl (C=O) groups excluding carboxylic acids is 2. The van der Waals surface area contributed by atoms with Crippen LogP contribution < -0.4 is 0 Å². The molecule has 0 saturated carbocycles. The number of nitrogens with zero attached hydrogens (tertiary/aromatic N) is 1. The highest BCUT2D eigenvalue weighted by Crippen LogP contribution is 2.35. The molecule has 0 aliphatic carbocycles. The van der Waals surface area contributed by atoms with Crippen molar-refractivity contribution in [2.24, 2.45) is 5.92 Å². The number of ether oxygens (including phenoxy) is 1. The molecular formula is C18H25NO5S. The third-order valence-corrected chi connectivity index (χ3v) is 4.65. The van der Waals surface area contributed by atoms with Gasteiger partial charge in [0.05, 0.1) is 13.0 Å². The average molecular weight is 367 g/mol. The summed E-state index contributed by atoms with van der Waals surface area (Å²) >= 11 is 1.22. The molecule has 0 amide bonds. The van der Waals surface area contributed by atoms with E-state index >= 15 is 0 Å². The molecular weight excluding hydrogens is 342 g/mol. The molecule has 0 radical (unpaired) electrons. The van der Waals surface area contributed by atoms with Gasteiger partial charge in [0, 0.05) is 28.4 Å². The summed E-state index contributed by atoms with van der Waals surface area (Å²) in [5, 5.41) is 10.7. The smallest absolute Gasteiger partial charge is 0.309 e. The van der Waals surface area contributed by atoms with Crippen LogP contribution in [0.5, 0.6) is 0 Å². The van der Waals surface area contributed by atoms with Crippen LogP contribution in [0.2, 0.25) is 0 Å². The normalized spacial score (nSPS) is 13.8. The molecule has 0 aliphatic rings. The van der Waals surface area contributed by atoms with Crippen LogP contribution in [-0.4, -0.2) is 34.4 Å². The molecule has 1 rings (SSSR count). The molecule has 2 unspecified atom stereocenters. The van der Waals surface area contributed by atoms with Crippen molar-refractivity contribution in [2.75, 3.05) is 13.7 Å². The predicted octanol–water partition coefficient (Wildman–Crippen LogP) is 3.67. The Balaban J connectivity index is 3.11. The fraction of sp³-hybridized carbons (Fsp3) is 0.556. The van der Waals surface area contributed by atoms with E-state index in [9.17, 15) is 19.7 Å². The fourth-order valence-electron chi connectivity index (χ4n) is 2.63. The third-order valence-electron chi connectivity index (χ3n) is 3.65. The first-order valence-electron chi connectivity index (χ1n) is 8.10. The summed E-state index contributed by atoms with van der Waals surface area (Å²) in [6.45, 7) is 5.48. The number of thioether (sulfide) groups is 1. The van der Waals surface area contributed by atoms with E-state index in [2.05, 4.69) is 0 Å². The summed E-state index contributed by atoms with van der Waals surface area (Å²) in [4.78, 5) is 35.0. The number of hydrogen-bond acceptors (Lipinski definition) is 6. The quantitative estimate of drug-likeness (QED) is 0.396. The van der Waals surface area contributed by atoms with E-state index in [0.717, 1.165) is 5.56 Å². The van der Waals surface area contributed by atoms with Crippen LogP contribution in [0.4, 0.5) is 0 Å². The SMILES string of the molecule is COC(=O)C(CC[N+](=O)[O-])C(CC(=O)SC(C)(C)C)c1ccccc1. The van der Waals surface area contributed by atoms with Crippen molar-refractivity contribution in [3.8, 4) is 0 Å². The van der Waals surface area contributed by atoms with Gasteiger partial charge >= 0.3 is 5.97 Å². The van der Waals surface area contributed by atoms with Crippen LogP contribution in [0.15, 0.2) is 30.3 Å². The van der Waals surface area contributed by atoms with Gasteiger partial charge in [-0.3, -0.25) is 19.7 Å². The summed E-state index contributed by atoms with van der Waals surface area (Å²) in [6, 6.07) is 9.16. The average Bonchev–Trinajstić information content (AvgIpc) is 2.52. The standard InChI is InChI=1S/C18H25NO5S/c1-18(2,3)25-16(20)12-15(13-8-6-5-7-9-13)14(17(21)24-4)10-11-19(22)23/h5-9,14-15H,10-12H2,1-4H3. The maximum absolute atomic E-state index is 12.5. The molecule has 138 valence electrons. The molecule has 0 bridgehead atoms. The molecule has 0 aliphatic heterocycles. The lowest BCUT2D eigenvalue weighted by molar-refractivity contribution is -0.481. The second kappa shape index (κ2) is 9.56. The molecule has 1 aromatic rings. The number of nitro groups is 1. The highest BCUT2D eigenvalue weighted by Gasteiger charge is 2.34. The molecule has 6 nitrogen and oxygen atoms in total. The second-order valence-corrected chi connectivity index (χ2v) is 8.67. The lowest BCUT2D eigenvalue weighted by atomic mass is 9.82. The molecule has 0 fully saturated rings. The highest BCUT2D eigenvalue weighted by atomic mass is 32.2. The van der Waals surface area contributed by atoms with Crippen LogP contribution in [0.3, 0.4) is 0 Å². The van der Waals surface area contributed by atoms with Crippen molar-refractivity contribution in [3.63, 3.8) is 0 Å². The van der Waals surface area contributed by atoms with E-state index in [0.29, 0.717) is 0 Å². The van der Waals surface area contributed by atoms with Crippen molar-refractivity contribution in [1.29, 1.82) is 0 Å². The van der Waals surface area contributed by atoms with E-state index in [-0.39, 0.29) is 29.2 Å². The summed E-state index contributed by atoms with van der Waals surface area (Å²) in [5.41, 5.74) is 0.809. The number of methoxy groups -OCH3 is 1. The lowest BCUT2D eigenvalue weighted by Gasteiger charge is -2.25. The Hall–Kier alpha value is -1.89. The number of carbonyl (C=O) groups is 2. The van der Waals surface area contributed by atoms with E-state index in [1.807, 2.05) is 51.1 Å². The molecule has 0 spiro atoms. The molecule has 1 aromatic carbocycles. The lowest BCUT2D eigenvalue weighted by Crippen LogP contribution is -2.28. The minimum atomic E-state index is -0.734. The van der Waals surface area contributed by atoms with Crippen LogP contribution in [-0.2, 0) is 14.3 Å². The summed E-state index contributed by atoms with van der Waals surface area (Å²) in [7, 11) is 1.26. The van der Waals surface area contributed by atoms with E-state index in [4.69, 9.17) is 4.74 Å². The van der Waals surface area contributed by atoms with E-state index in [1.165, 1.54) is 18.9 Å². The summed E-state index contributed by atoms with van der Waals surface area (Å²) < 4.78 is 4.61.